The first-order chi connectivity index (χ1) is 10.8. The second-order valence-electron chi connectivity index (χ2n) is 5.81. The summed E-state index contributed by atoms with van der Waals surface area (Å²) in [6.07, 6.45) is 8.77. The molecule has 22 heavy (non-hydrogen) atoms. The quantitative estimate of drug-likeness (QED) is 0.783. The van der Waals surface area contributed by atoms with Crippen LogP contribution in [0, 0.1) is 17.2 Å². The predicted molar refractivity (Wildman–Crippen MR) is 84.2 cm³/mol. The van der Waals surface area contributed by atoms with E-state index < -0.39 is 0 Å². The van der Waals surface area contributed by atoms with Crippen LogP contribution >= 0.6 is 0 Å². The van der Waals surface area contributed by atoms with Crippen LogP contribution in [0.25, 0.3) is 0 Å². The second kappa shape index (κ2) is 6.61. The number of hydrogen-bond acceptors (Lipinski definition) is 4. The summed E-state index contributed by atoms with van der Waals surface area (Å²) < 4.78 is 0. The van der Waals surface area contributed by atoms with Gasteiger partial charge in [0.05, 0.1) is 5.56 Å². The minimum atomic E-state index is 0.171. The minimum Gasteiger partial charge on any atom is -0.353 e. The summed E-state index contributed by atoms with van der Waals surface area (Å²) in [7, 11) is 0. The van der Waals surface area contributed by atoms with Gasteiger partial charge in [-0.2, -0.15) is 5.26 Å². The Bertz CT molecular complexity index is 594. The molecule has 1 unspecified atom stereocenters. The van der Waals surface area contributed by atoms with Crippen molar-refractivity contribution in [3.63, 3.8) is 0 Å². The highest BCUT2D eigenvalue weighted by Crippen LogP contribution is 2.22. The number of rotatable bonds is 2. The molecular formula is C17H20N4O. The zero-order chi connectivity index (χ0) is 15.4. The summed E-state index contributed by atoms with van der Waals surface area (Å²) in [5.41, 5.74) is 0.572. The fourth-order valence-corrected chi connectivity index (χ4v) is 3.07. The normalized spacial score (nSPS) is 21.5. The van der Waals surface area contributed by atoms with E-state index in [0.717, 1.165) is 51.3 Å². The summed E-state index contributed by atoms with van der Waals surface area (Å²) in [5.74, 6) is 1.35. The molecule has 5 heteroatoms. The first-order valence-electron chi connectivity index (χ1n) is 7.83. The Balaban J connectivity index is 1.56. The van der Waals surface area contributed by atoms with Crippen molar-refractivity contribution in [1.82, 2.24) is 9.88 Å². The number of nitriles is 1. The molecule has 3 rings (SSSR count). The number of amides is 1. The van der Waals surface area contributed by atoms with Crippen molar-refractivity contribution in [2.24, 2.45) is 5.92 Å². The molecular weight excluding hydrogens is 276 g/mol. The average Bonchev–Trinajstić information content (AvgIpc) is 2.62. The molecule has 0 bridgehead atoms. The van der Waals surface area contributed by atoms with Gasteiger partial charge in [-0.3, -0.25) is 4.79 Å². The van der Waals surface area contributed by atoms with E-state index in [0.29, 0.717) is 11.5 Å². The van der Waals surface area contributed by atoms with Crippen LogP contribution in [-0.4, -0.2) is 42.0 Å². The lowest BCUT2D eigenvalue weighted by atomic mass is 9.93. The number of nitrogens with zero attached hydrogens (tertiary/aromatic N) is 4. The van der Waals surface area contributed by atoms with Gasteiger partial charge in [-0.25, -0.2) is 4.98 Å². The largest absolute Gasteiger partial charge is 0.353 e. The molecule has 114 valence electrons. The molecule has 1 amide bonds. The molecule has 0 aromatic carbocycles. The van der Waals surface area contributed by atoms with Gasteiger partial charge in [0.25, 0.3) is 0 Å². The van der Waals surface area contributed by atoms with Crippen LogP contribution in [-0.2, 0) is 4.79 Å². The van der Waals surface area contributed by atoms with Crippen LogP contribution in [0.2, 0.25) is 0 Å². The van der Waals surface area contributed by atoms with E-state index in [9.17, 15) is 4.79 Å². The summed E-state index contributed by atoms with van der Waals surface area (Å²) in [6, 6.07) is 5.74. The first kappa shape index (κ1) is 14.6. The van der Waals surface area contributed by atoms with Crippen molar-refractivity contribution < 1.29 is 4.79 Å². The Morgan fingerprint density at radius 1 is 1.23 bits per heavy atom. The Kier molecular flexibility index (Phi) is 4.38. The zero-order valence-electron chi connectivity index (χ0n) is 12.6. The van der Waals surface area contributed by atoms with E-state index in [1.54, 1.807) is 12.3 Å². The van der Waals surface area contributed by atoms with E-state index in [1.807, 2.05) is 11.0 Å². The highest BCUT2D eigenvalue weighted by Gasteiger charge is 2.27. The van der Waals surface area contributed by atoms with E-state index >= 15 is 0 Å². The van der Waals surface area contributed by atoms with Gasteiger partial charge < -0.3 is 9.80 Å². The van der Waals surface area contributed by atoms with Crippen LogP contribution < -0.4 is 4.90 Å². The van der Waals surface area contributed by atoms with Crippen LogP contribution in [0.5, 0.6) is 0 Å². The summed E-state index contributed by atoms with van der Waals surface area (Å²) in [4.78, 5) is 21.0. The highest BCUT2D eigenvalue weighted by atomic mass is 16.2. The lowest BCUT2D eigenvalue weighted by molar-refractivity contribution is -0.136. The number of piperazine rings is 1. The van der Waals surface area contributed by atoms with Crippen molar-refractivity contribution in [2.45, 2.75) is 19.3 Å². The van der Waals surface area contributed by atoms with Gasteiger partial charge in [0.1, 0.15) is 11.9 Å². The van der Waals surface area contributed by atoms with E-state index in [2.05, 4.69) is 28.1 Å². The van der Waals surface area contributed by atoms with E-state index in [1.165, 1.54) is 0 Å². The molecule has 0 N–H and O–H groups in total. The molecule has 0 spiro atoms. The maximum Gasteiger partial charge on any atom is 0.226 e. The molecule has 1 aromatic rings. The monoisotopic (exact) mass is 296 g/mol. The third-order valence-electron chi connectivity index (χ3n) is 4.41. The van der Waals surface area contributed by atoms with Gasteiger partial charge >= 0.3 is 0 Å². The topological polar surface area (TPSA) is 60.2 Å². The molecule has 1 aromatic heterocycles. The maximum atomic E-state index is 12.5. The summed E-state index contributed by atoms with van der Waals surface area (Å²) >= 11 is 0. The zero-order valence-corrected chi connectivity index (χ0v) is 12.6. The van der Waals surface area contributed by atoms with Crippen LogP contribution in [0.3, 0.4) is 0 Å². The Morgan fingerprint density at radius 3 is 2.64 bits per heavy atom. The molecule has 0 radical (unpaired) electrons. The lowest BCUT2D eigenvalue weighted by Gasteiger charge is -2.37. The lowest BCUT2D eigenvalue weighted by Crippen LogP contribution is -2.50. The Morgan fingerprint density at radius 2 is 2.05 bits per heavy atom. The molecule has 5 nitrogen and oxygen atoms in total. The van der Waals surface area contributed by atoms with Gasteiger partial charge in [-0.1, -0.05) is 12.2 Å². The number of allylic oxidation sites excluding steroid dienone is 2. The number of hydrogen-bond donors (Lipinski definition) is 0. The smallest absolute Gasteiger partial charge is 0.226 e. The molecule has 0 saturated carbocycles. The van der Waals surface area contributed by atoms with Gasteiger partial charge in [0.15, 0.2) is 0 Å². The summed E-state index contributed by atoms with van der Waals surface area (Å²) in [6.45, 7) is 3.10. The van der Waals surface area contributed by atoms with Crippen molar-refractivity contribution in [1.29, 1.82) is 5.26 Å². The van der Waals surface area contributed by atoms with E-state index in [-0.39, 0.29) is 5.92 Å². The Labute approximate surface area is 130 Å². The first-order valence-corrected chi connectivity index (χ1v) is 7.83. The van der Waals surface area contributed by atoms with E-state index in [4.69, 9.17) is 5.26 Å². The van der Waals surface area contributed by atoms with Gasteiger partial charge in [-0.15, -0.1) is 0 Å². The fourth-order valence-electron chi connectivity index (χ4n) is 3.07. The van der Waals surface area contributed by atoms with Gasteiger partial charge in [0.2, 0.25) is 5.91 Å². The van der Waals surface area contributed by atoms with Crippen molar-refractivity contribution in [3.8, 4) is 6.07 Å². The minimum absolute atomic E-state index is 0.171. The van der Waals surface area contributed by atoms with Gasteiger partial charge in [0, 0.05) is 38.3 Å². The number of aromatic nitrogens is 1. The molecule has 1 fully saturated rings. The molecule has 1 saturated heterocycles. The number of carbonyl (C=O) groups is 1. The standard InChI is InChI=1S/C17H20N4O/c18-12-14-6-7-16(19-13-14)20-8-10-21(11-9-20)17(22)15-4-2-1-3-5-15/h1-2,6-7,13,15H,3-5,8-11H2. The fraction of sp³-hybridized carbons (Fsp3) is 0.471. The third-order valence-corrected chi connectivity index (χ3v) is 4.41. The Hall–Kier alpha value is -2.35. The predicted octanol–water partition coefficient (Wildman–Crippen LogP) is 1.96. The van der Waals surface area contributed by atoms with Crippen molar-refractivity contribution in [3.05, 3.63) is 36.0 Å². The molecule has 1 aliphatic carbocycles. The summed E-state index contributed by atoms with van der Waals surface area (Å²) in [5, 5.41) is 8.81. The maximum absolute atomic E-state index is 12.5. The number of pyridine rings is 1. The molecule has 2 aliphatic rings. The third kappa shape index (κ3) is 3.11. The SMILES string of the molecule is N#Cc1ccc(N2CCN(C(=O)C3CC=CCC3)CC2)nc1. The molecule has 1 aliphatic heterocycles. The number of anilines is 1. The number of carbonyl (C=O) groups excluding carboxylic acids is 1. The molecule has 2 heterocycles. The van der Waals surface area contributed by atoms with Crippen LogP contribution in [0.1, 0.15) is 24.8 Å². The second-order valence-corrected chi connectivity index (χ2v) is 5.81. The highest BCUT2D eigenvalue weighted by molar-refractivity contribution is 5.79. The van der Waals surface area contributed by atoms with Crippen LogP contribution in [0.4, 0.5) is 5.82 Å². The molecule has 1 atom stereocenters. The average molecular weight is 296 g/mol. The van der Waals surface area contributed by atoms with Crippen molar-refractivity contribution >= 4 is 11.7 Å². The van der Waals surface area contributed by atoms with Crippen molar-refractivity contribution in [2.75, 3.05) is 31.1 Å². The van der Waals surface area contributed by atoms with Gasteiger partial charge in [-0.05, 0) is 31.4 Å². The van der Waals surface area contributed by atoms with Crippen LogP contribution in [0.15, 0.2) is 30.5 Å².